The number of hydrogen-bond donors (Lipinski definition) is 2. The van der Waals surface area contributed by atoms with Crippen LogP contribution >= 0.6 is 11.3 Å². The SMILES string of the molecule is Nc1nc2sc(CO)cc2n(-c2ccc3c(c2)N(c2ccccc2)CCO3)c1=O. The summed E-state index contributed by atoms with van der Waals surface area (Å²) in [5.41, 5.74) is 8.74. The molecule has 0 saturated carbocycles. The Balaban J connectivity index is 1.72. The minimum atomic E-state index is -0.386. The van der Waals surface area contributed by atoms with Gasteiger partial charge in [-0.1, -0.05) is 18.2 Å². The van der Waals surface area contributed by atoms with Gasteiger partial charge in [0.25, 0.3) is 5.56 Å². The van der Waals surface area contributed by atoms with E-state index in [2.05, 4.69) is 9.88 Å². The predicted molar refractivity (Wildman–Crippen MR) is 114 cm³/mol. The average Bonchev–Trinajstić information content (AvgIpc) is 3.17. The molecule has 2 aromatic heterocycles. The zero-order valence-electron chi connectivity index (χ0n) is 15.4. The summed E-state index contributed by atoms with van der Waals surface area (Å²) in [6.07, 6.45) is 0. The van der Waals surface area contributed by atoms with E-state index in [9.17, 15) is 9.90 Å². The number of aliphatic hydroxyl groups excluding tert-OH is 1. The molecular formula is C21H18N4O3S. The molecule has 0 atom stereocenters. The van der Waals surface area contributed by atoms with Crippen LogP contribution in [-0.4, -0.2) is 27.8 Å². The van der Waals surface area contributed by atoms with Gasteiger partial charge in [-0.25, -0.2) is 4.98 Å². The Labute approximate surface area is 170 Å². The lowest BCUT2D eigenvalue weighted by molar-refractivity contribution is 0.285. The van der Waals surface area contributed by atoms with Crippen LogP contribution in [0.1, 0.15) is 4.88 Å². The van der Waals surface area contributed by atoms with Crippen molar-refractivity contribution < 1.29 is 9.84 Å². The van der Waals surface area contributed by atoms with E-state index >= 15 is 0 Å². The summed E-state index contributed by atoms with van der Waals surface area (Å²) in [6.45, 7) is 1.17. The standard InChI is InChI=1S/C21H18N4O3S/c22-19-21(27)25(17-11-15(12-26)29-20(17)23-19)14-6-7-18-16(10-14)24(8-9-28-18)13-4-2-1-3-5-13/h1-7,10-11,26H,8-9,12H2,(H2,22,23). The molecule has 0 spiro atoms. The first-order chi connectivity index (χ1) is 14.2. The first-order valence-corrected chi connectivity index (χ1v) is 9.99. The second kappa shape index (κ2) is 6.91. The van der Waals surface area contributed by atoms with Crippen LogP contribution in [0.25, 0.3) is 16.0 Å². The summed E-state index contributed by atoms with van der Waals surface area (Å²) >= 11 is 1.32. The molecule has 146 valence electrons. The van der Waals surface area contributed by atoms with Crippen LogP contribution < -0.4 is 20.9 Å². The van der Waals surface area contributed by atoms with Crippen molar-refractivity contribution in [3.8, 4) is 11.4 Å². The Morgan fingerprint density at radius 1 is 1.14 bits per heavy atom. The van der Waals surface area contributed by atoms with E-state index in [1.165, 1.54) is 11.3 Å². The molecule has 4 aromatic rings. The highest BCUT2D eigenvalue weighted by atomic mass is 32.1. The van der Waals surface area contributed by atoms with Crippen molar-refractivity contribution in [2.24, 2.45) is 0 Å². The van der Waals surface area contributed by atoms with E-state index in [1.54, 1.807) is 10.6 Å². The molecule has 0 fully saturated rings. The molecule has 29 heavy (non-hydrogen) atoms. The number of ether oxygens (including phenoxy) is 1. The first kappa shape index (κ1) is 17.7. The van der Waals surface area contributed by atoms with Gasteiger partial charge in [-0.3, -0.25) is 9.36 Å². The van der Waals surface area contributed by atoms with E-state index in [0.29, 0.717) is 29.2 Å². The van der Waals surface area contributed by atoms with E-state index in [-0.39, 0.29) is 18.0 Å². The van der Waals surface area contributed by atoms with Crippen LogP contribution in [0.15, 0.2) is 59.4 Å². The van der Waals surface area contributed by atoms with E-state index < -0.39 is 0 Å². The van der Waals surface area contributed by atoms with Crippen molar-refractivity contribution >= 4 is 38.9 Å². The third-order valence-corrected chi connectivity index (χ3v) is 5.92. The highest BCUT2D eigenvalue weighted by molar-refractivity contribution is 7.18. The van der Waals surface area contributed by atoms with Gasteiger partial charge in [-0.2, -0.15) is 0 Å². The van der Waals surface area contributed by atoms with Crippen molar-refractivity contribution in [1.29, 1.82) is 0 Å². The number of nitrogen functional groups attached to an aromatic ring is 1. The van der Waals surface area contributed by atoms with Crippen LogP contribution in [0.3, 0.4) is 0 Å². The van der Waals surface area contributed by atoms with Crippen molar-refractivity contribution in [1.82, 2.24) is 9.55 Å². The normalized spacial score (nSPS) is 13.3. The number of benzene rings is 2. The molecule has 0 bridgehead atoms. The van der Waals surface area contributed by atoms with Gasteiger partial charge >= 0.3 is 0 Å². The molecule has 8 heteroatoms. The number of anilines is 3. The Kier molecular flexibility index (Phi) is 4.22. The smallest absolute Gasteiger partial charge is 0.298 e. The molecule has 5 rings (SSSR count). The molecule has 0 unspecified atom stereocenters. The summed E-state index contributed by atoms with van der Waals surface area (Å²) < 4.78 is 7.38. The quantitative estimate of drug-likeness (QED) is 0.543. The zero-order valence-corrected chi connectivity index (χ0v) is 16.2. The third kappa shape index (κ3) is 2.93. The lowest BCUT2D eigenvalue weighted by Crippen LogP contribution is -2.29. The number of para-hydroxylation sites is 1. The minimum absolute atomic E-state index is 0.0716. The lowest BCUT2D eigenvalue weighted by Gasteiger charge is -2.31. The number of aliphatic hydroxyl groups is 1. The first-order valence-electron chi connectivity index (χ1n) is 9.17. The Morgan fingerprint density at radius 3 is 2.76 bits per heavy atom. The van der Waals surface area contributed by atoms with Crippen LogP contribution in [0.2, 0.25) is 0 Å². The van der Waals surface area contributed by atoms with E-state index in [4.69, 9.17) is 10.5 Å². The molecule has 0 amide bonds. The Hall–Kier alpha value is -3.36. The Bertz CT molecular complexity index is 1270. The van der Waals surface area contributed by atoms with Gasteiger partial charge in [0, 0.05) is 10.6 Å². The van der Waals surface area contributed by atoms with Gasteiger partial charge in [0.1, 0.15) is 17.2 Å². The predicted octanol–water partition coefficient (Wildman–Crippen LogP) is 3.05. The summed E-state index contributed by atoms with van der Waals surface area (Å²) in [7, 11) is 0. The number of fused-ring (bicyclic) bond motifs is 2. The van der Waals surface area contributed by atoms with Gasteiger partial charge < -0.3 is 20.5 Å². The highest BCUT2D eigenvalue weighted by Gasteiger charge is 2.22. The molecule has 3 N–H and O–H groups in total. The summed E-state index contributed by atoms with van der Waals surface area (Å²) in [5, 5.41) is 9.50. The van der Waals surface area contributed by atoms with E-state index in [1.807, 2.05) is 48.5 Å². The van der Waals surface area contributed by atoms with Gasteiger partial charge in [-0.15, -0.1) is 11.3 Å². The molecular weight excluding hydrogens is 388 g/mol. The van der Waals surface area contributed by atoms with Gasteiger partial charge in [-0.05, 0) is 36.4 Å². The largest absolute Gasteiger partial charge is 0.490 e. The number of aromatic nitrogens is 2. The van der Waals surface area contributed by atoms with Crippen LogP contribution in [0.4, 0.5) is 17.2 Å². The number of hydrogen-bond acceptors (Lipinski definition) is 7. The van der Waals surface area contributed by atoms with Crippen LogP contribution in [0.5, 0.6) is 5.75 Å². The molecule has 1 aliphatic heterocycles. The van der Waals surface area contributed by atoms with E-state index in [0.717, 1.165) is 22.0 Å². The molecule has 7 nitrogen and oxygen atoms in total. The number of nitrogens with two attached hydrogens (primary N) is 1. The third-order valence-electron chi connectivity index (χ3n) is 4.92. The van der Waals surface area contributed by atoms with Gasteiger partial charge in [0.05, 0.1) is 30.0 Å². The molecule has 2 aromatic carbocycles. The fraction of sp³-hybridized carbons (Fsp3) is 0.143. The summed E-state index contributed by atoms with van der Waals surface area (Å²) in [4.78, 5) is 20.6. The summed E-state index contributed by atoms with van der Waals surface area (Å²) in [5.74, 6) is 0.689. The zero-order chi connectivity index (χ0) is 20.0. The van der Waals surface area contributed by atoms with Crippen LogP contribution in [0, 0.1) is 0 Å². The maximum atomic E-state index is 12.9. The van der Waals surface area contributed by atoms with Crippen molar-refractivity contribution in [3.05, 3.63) is 69.8 Å². The maximum absolute atomic E-state index is 12.9. The lowest BCUT2D eigenvalue weighted by atomic mass is 10.1. The van der Waals surface area contributed by atoms with Gasteiger partial charge in [0.2, 0.25) is 0 Å². The molecule has 1 aliphatic rings. The fourth-order valence-electron chi connectivity index (χ4n) is 3.60. The molecule has 3 heterocycles. The molecule has 0 aliphatic carbocycles. The van der Waals surface area contributed by atoms with Crippen molar-refractivity contribution in [2.45, 2.75) is 6.61 Å². The minimum Gasteiger partial charge on any atom is -0.490 e. The highest BCUT2D eigenvalue weighted by Crippen LogP contribution is 2.38. The second-order valence-electron chi connectivity index (χ2n) is 6.69. The average molecular weight is 406 g/mol. The second-order valence-corrected chi connectivity index (χ2v) is 7.80. The number of rotatable bonds is 3. The topological polar surface area (TPSA) is 93.6 Å². The van der Waals surface area contributed by atoms with Gasteiger partial charge in [0.15, 0.2) is 5.82 Å². The fourth-order valence-corrected chi connectivity index (χ4v) is 4.48. The molecule has 0 radical (unpaired) electrons. The number of thiophene rings is 1. The molecule has 0 saturated heterocycles. The van der Waals surface area contributed by atoms with Crippen LogP contribution in [-0.2, 0) is 6.61 Å². The number of nitrogens with zero attached hydrogens (tertiary/aromatic N) is 3. The monoisotopic (exact) mass is 406 g/mol. The maximum Gasteiger partial charge on any atom is 0.298 e. The Morgan fingerprint density at radius 2 is 1.97 bits per heavy atom. The summed E-state index contributed by atoms with van der Waals surface area (Å²) in [6, 6.07) is 17.5. The van der Waals surface area contributed by atoms with Crippen molar-refractivity contribution in [3.63, 3.8) is 0 Å². The van der Waals surface area contributed by atoms with Crippen molar-refractivity contribution in [2.75, 3.05) is 23.8 Å².